The van der Waals surface area contributed by atoms with Crippen LogP contribution in [0.5, 0.6) is 0 Å². The quantitative estimate of drug-likeness (QED) is 0.857. The number of benzene rings is 1. The molecule has 7 nitrogen and oxygen atoms in total. The molecule has 0 aliphatic heterocycles. The van der Waals surface area contributed by atoms with E-state index in [-0.39, 0.29) is 17.1 Å². The van der Waals surface area contributed by atoms with Crippen LogP contribution in [0.25, 0.3) is 0 Å². The molecule has 1 heterocycles. The lowest BCUT2D eigenvalue weighted by molar-refractivity contribution is -0.136. The summed E-state index contributed by atoms with van der Waals surface area (Å²) < 4.78 is 25.7. The Hall–Kier alpha value is -2.22. The number of aryl methyl sites for hydroxylation is 1. The molecule has 20 heavy (non-hydrogen) atoms. The second-order valence-corrected chi connectivity index (χ2v) is 6.35. The number of hydrogen-bond donors (Lipinski definition) is 1. The van der Waals surface area contributed by atoms with Crippen LogP contribution in [0.15, 0.2) is 35.4 Å². The molecule has 1 aromatic heterocycles. The Labute approximate surface area is 115 Å². The van der Waals surface area contributed by atoms with Crippen LogP contribution in [0.1, 0.15) is 11.3 Å². The third-order valence-corrected chi connectivity index (χ3v) is 4.29. The fourth-order valence-corrected chi connectivity index (χ4v) is 2.97. The molecule has 0 saturated heterocycles. The van der Waals surface area contributed by atoms with Gasteiger partial charge in [0.1, 0.15) is 5.75 Å². The molecular formula is C12H13N3O4S. The second-order valence-electron chi connectivity index (χ2n) is 4.36. The molecule has 8 heteroatoms. The highest BCUT2D eigenvalue weighted by atomic mass is 32.2. The van der Waals surface area contributed by atoms with Crippen LogP contribution in [0.3, 0.4) is 0 Å². The van der Waals surface area contributed by atoms with Crippen LogP contribution in [-0.2, 0) is 33.9 Å². The molecule has 0 aliphatic rings. The fraction of sp³-hybridized carbons (Fsp3) is 0.250. The van der Waals surface area contributed by atoms with E-state index in [0.29, 0.717) is 11.3 Å². The highest BCUT2D eigenvalue weighted by Crippen LogP contribution is 2.16. The summed E-state index contributed by atoms with van der Waals surface area (Å²) in [6.45, 7) is 0. The Morgan fingerprint density at radius 2 is 1.95 bits per heavy atom. The summed E-state index contributed by atoms with van der Waals surface area (Å²) >= 11 is 0. The lowest BCUT2D eigenvalue weighted by Gasteiger charge is -2.03. The van der Waals surface area contributed by atoms with E-state index >= 15 is 0 Å². The maximum atomic E-state index is 12.2. The molecule has 106 valence electrons. The molecule has 0 spiro atoms. The minimum absolute atomic E-state index is 0.134. The average molecular weight is 295 g/mol. The first kappa shape index (κ1) is 14.2. The Morgan fingerprint density at radius 3 is 2.45 bits per heavy atom. The molecule has 0 saturated carbocycles. The summed E-state index contributed by atoms with van der Waals surface area (Å²) in [6, 6.07) is 5.81. The summed E-state index contributed by atoms with van der Waals surface area (Å²) in [5.74, 6) is -1.20. The Bertz CT molecular complexity index is 719. The summed E-state index contributed by atoms with van der Waals surface area (Å²) in [5.41, 5.74) is 0.915. The Morgan fingerprint density at radius 1 is 1.30 bits per heavy atom. The molecule has 0 bridgehead atoms. The number of rotatable bonds is 5. The van der Waals surface area contributed by atoms with E-state index in [9.17, 15) is 13.2 Å². The molecule has 0 amide bonds. The summed E-state index contributed by atoms with van der Waals surface area (Å²) in [4.78, 5) is 10.7. The minimum atomic E-state index is -3.51. The van der Waals surface area contributed by atoms with Gasteiger partial charge in [0.15, 0.2) is 9.84 Å². The van der Waals surface area contributed by atoms with Gasteiger partial charge in [-0.15, -0.1) is 5.10 Å². The molecule has 2 aromatic rings. The molecule has 1 N–H and O–H groups in total. The van der Waals surface area contributed by atoms with Crippen molar-refractivity contribution in [2.75, 3.05) is 0 Å². The first-order chi connectivity index (χ1) is 9.37. The topological polar surface area (TPSA) is 102 Å². The molecule has 0 unspecified atom stereocenters. The first-order valence-electron chi connectivity index (χ1n) is 5.75. The summed E-state index contributed by atoms with van der Waals surface area (Å²) in [7, 11) is -1.85. The van der Waals surface area contributed by atoms with Crippen LogP contribution in [0.4, 0.5) is 0 Å². The molecule has 0 fully saturated rings. The number of nitrogens with zero attached hydrogens (tertiary/aromatic N) is 3. The summed E-state index contributed by atoms with van der Waals surface area (Å²) in [5, 5.41) is 16.1. The normalized spacial score (nSPS) is 11.4. The van der Waals surface area contributed by atoms with E-state index in [1.165, 1.54) is 35.1 Å². The van der Waals surface area contributed by atoms with Crippen LogP contribution in [0, 0.1) is 0 Å². The molecule has 0 atom stereocenters. The van der Waals surface area contributed by atoms with Crippen LogP contribution in [-0.4, -0.2) is 34.5 Å². The van der Waals surface area contributed by atoms with Gasteiger partial charge in [0.05, 0.1) is 17.0 Å². The Kier molecular flexibility index (Phi) is 3.84. The van der Waals surface area contributed by atoms with E-state index in [4.69, 9.17) is 5.11 Å². The zero-order valence-corrected chi connectivity index (χ0v) is 11.5. The monoisotopic (exact) mass is 295 g/mol. The number of aromatic nitrogens is 3. The van der Waals surface area contributed by atoms with Crippen LogP contribution >= 0.6 is 0 Å². The Balaban J connectivity index is 2.19. The third-order valence-electron chi connectivity index (χ3n) is 2.63. The SMILES string of the molecule is Cn1cc(CS(=O)(=O)c2ccc(CC(=O)O)cc2)nn1. The number of carbonyl (C=O) groups is 1. The van der Waals surface area contributed by atoms with Gasteiger partial charge >= 0.3 is 5.97 Å². The minimum Gasteiger partial charge on any atom is -0.481 e. The van der Waals surface area contributed by atoms with Crippen molar-refractivity contribution in [2.45, 2.75) is 17.1 Å². The standard InChI is InChI=1S/C12H13N3O4S/c1-15-7-10(13-14-15)8-20(18,19)11-4-2-9(3-5-11)6-12(16)17/h2-5,7H,6,8H2,1H3,(H,16,17). The van der Waals surface area contributed by atoms with Gasteiger partial charge in [-0.3, -0.25) is 9.48 Å². The van der Waals surface area contributed by atoms with Crippen LogP contribution < -0.4 is 0 Å². The van der Waals surface area contributed by atoms with Gasteiger partial charge in [-0.2, -0.15) is 0 Å². The van der Waals surface area contributed by atoms with Crippen LogP contribution in [0.2, 0.25) is 0 Å². The van der Waals surface area contributed by atoms with Gasteiger partial charge in [0, 0.05) is 13.2 Å². The van der Waals surface area contributed by atoms with Gasteiger partial charge in [-0.25, -0.2) is 8.42 Å². The molecule has 2 rings (SSSR count). The lowest BCUT2D eigenvalue weighted by Crippen LogP contribution is -2.06. The smallest absolute Gasteiger partial charge is 0.307 e. The first-order valence-corrected chi connectivity index (χ1v) is 7.41. The lowest BCUT2D eigenvalue weighted by atomic mass is 10.2. The van der Waals surface area contributed by atoms with Crippen molar-refractivity contribution in [2.24, 2.45) is 7.05 Å². The predicted molar refractivity (Wildman–Crippen MR) is 69.7 cm³/mol. The van der Waals surface area contributed by atoms with E-state index in [0.717, 1.165) is 0 Å². The third kappa shape index (κ3) is 3.41. The molecule has 0 radical (unpaired) electrons. The van der Waals surface area contributed by atoms with Crippen molar-refractivity contribution < 1.29 is 18.3 Å². The highest BCUT2D eigenvalue weighted by molar-refractivity contribution is 7.90. The number of sulfone groups is 1. The highest BCUT2D eigenvalue weighted by Gasteiger charge is 2.17. The molecular weight excluding hydrogens is 282 g/mol. The van der Waals surface area contributed by atoms with Gasteiger partial charge < -0.3 is 5.11 Å². The summed E-state index contributed by atoms with van der Waals surface area (Å²) in [6.07, 6.45) is 1.40. The maximum absolute atomic E-state index is 12.2. The largest absolute Gasteiger partial charge is 0.481 e. The van der Waals surface area contributed by atoms with Crippen molar-refractivity contribution in [3.05, 3.63) is 41.7 Å². The van der Waals surface area contributed by atoms with E-state index < -0.39 is 15.8 Å². The molecule has 1 aromatic carbocycles. The number of carboxylic acids is 1. The zero-order valence-electron chi connectivity index (χ0n) is 10.7. The van der Waals surface area contributed by atoms with E-state index in [1.54, 1.807) is 7.05 Å². The number of carboxylic acid groups (broad SMARTS) is 1. The number of aliphatic carboxylic acids is 1. The average Bonchev–Trinajstić information content (AvgIpc) is 2.74. The molecule has 0 aliphatic carbocycles. The van der Waals surface area contributed by atoms with Gasteiger partial charge in [0.2, 0.25) is 0 Å². The van der Waals surface area contributed by atoms with E-state index in [1.807, 2.05) is 0 Å². The zero-order chi connectivity index (χ0) is 14.8. The van der Waals surface area contributed by atoms with E-state index in [2.05, 4.69) is 10.3 Å². The van der Waals surface area contributed by atoms with Gasteiger partial charge in [-0.1, -0.05) is 17.3 Å². The fourth-order valence-electron chi connectivity index (χ4n) is 1.73. The maximum Gasteiger partial charge on any atom is 0.307 e. The van der Waals surface area contributed by atoms with Crippen molar-refractivity contribution in [1.82, 2.24) is 15.0 Å². The van der Waals surface area contributed by atoms with Crippen molar-refractivity contribution in [1.29, 1.82) is 0 Å². The van der Waals surface area contributed by atoms with Crippen molar-refractivity contribution in [3.63, 3.8) is 0 Å². The van der Waals surface area contributed by atoms with Crippen molar-refractivity contribution >= 4 is 15.8 Å². The predicted octanol–water partition coefficient (Wildman–Crippen LogP) is 0.416. The van der Waals surface area contributed by atoms with Gasteiger partial charge in [-0.05, 0) is 17.7 Å². The van der Waals surface area contributed by atoms with Gasteiger partial charge in [0.25, 0.3) is 0 Å². The second kappa shape index (κ2) is 5.41. The van der Waals surface area contributed by atoms with Crippen molar-refractivity contribution in [3.8, 4) is 0 Å². The number of hydrogen-bond acceptors (Lipinski definition) is 5.